The molecule has 0 saturated carbocycles. The molecule has 2 aromatic rings. The Balaban J connectivity index is 1.89. The van der Waals surface area contributed by atoms with Crippen LogP contribution in [0.15, 0.2) is 48.8 Å². The summed E-state index contributed by atoms with van der Waals surface area (Å²) in [6.45, 7) is 5.20. The number of benzene rings is 1. The van der Waals surface area contributed by atoms with Crippen LogP contribution in [0.2, 0.25) is 0 Å². The molecule has 0 aliphatic carbocycles. The first-order chi connectivity index (χ1) is 8.38. The Bertz CT molecular complexity index is 415. The van der Waals surface area contributed by atoms with Gasteiger partial charge in [-0.15, -0.1) is 0 Å². The largest absolute Gasteiger partial charge is 0.350 e. The van der Waals surface area contributed by atoms with Crippen molar-refractivity contribution < 1.29 is 0 Å². The first-order valence-corrected chi connectivity index (χ1v) is 6.28. The molecule has 90 valence electrons. The van der Waals surface area contributed by atoms with Crippen molar-refractivity contribution in [3.05, 3.63) is 59.9 Å². The standard InChI is InChI=1S/C15H20N2/c1-2-9-16-12-14-5-7-15(8-6-14)13-17-10-3-4-11-17/h3-8,10-11,16H,2,9,12-13H2,1H3. The summed E-state index contributed by atoms with van der Waals surface area (Å²) in [5.41, 5.74) is 2.70. The third kappa shape index (κ3) is 3.75. The van der Waals surface area contributed by atoms with Crippen LogP contribution >= 0.6 is 0 Å². The van der Waals surface area contributed by atoms with Crippen molar-refractivity contribution in [3.63, 3.8) is 0 Å². The summed E-state index contributed by atoms with van der Waals surface area (Å²) in [6.07, 6.45) is 5.37. The van der Waals surface area contributed by atoms with Gasteiger partial charge in [-0.2, -0.15) is 0 Å². The van der Waals surface area contributed by atoms with Gasteiger partial charge in [-0.05, 0) is 36.2 Å². The lowest BCUT2D eigenvalue weighted by atomic mass is 10.1. The summed E-state index contributed by atoms with van der Waals surface area (Å²) in [4.78, 5) is 0. The minimum Gasteiger partial charge on any atom is -0.350 e. The van der Waals surface area contributed by atoms with Gasteiger partial charge in [-0.25, -0.2) is 0 Å². The van der Waals surface area contributed by atoms with Crippen LogP contribution in [-0.4, -0.2) is 11.1 Å². The van der Waals surface area contributed by atoms with Crippen molar-refractivity contribution in [2.75, 3.05) is 6.54 Å². The molecule has 0 amide bonds. The highest BCUT2D eigenvalue weighted by Gasteiger charge is 1.95. The van der Waals surface area contributed by atoms with Gasteiger partial charge in [0.05, 0.1) is 0 Å². The highest BCUT2D eigenvalue weighted by molar-refractivity contribution is 5.22. The molecule has 2 rings (SSSR count). The maximum absolute atomic E-state index is 3.41. The molecule has 0 spiro atoms. The number of rotatable bonds is 6. The van der Waals surface area contributed by atoms with E-state index < -0.39 is 0 Å². The zero-order valence-corrected chi connectivity index (χ0v) is 10.4. The number of aromatic nitrogens is 1. The molecule has 1 aromatic carbocycles. The van der Waals surface area contributed by atoms with Gasteiger partial charge >= 0.3 is 0 Å². The van der Waals surface area contributed by atoms with Gasteiger partial charge in [0.1, 0.15) is 0 Å². The first kappa shape index (κ1) is 11.9. The molecule has 2 nitrogen and oxygen atoms in total. The van der Waals surface area contributed by atoms with Crippen molar-refractivity contribution in [2.45, 2.75) is 26.4 Å². The molecule has 0 atom stereocenters. The van der Waals surface area contributed by atoms with Crippen molar-refractivity contribution in [1.82, 2.24) is 9.88 Å². The lowest BCUT2D eigenvalue weighted by Gasteiger charge is -2.06. The fourth-order valence-electron chi connectivity index (χ4n) is 1.86. The third-order valence-corrected chi connectivity index (χ3v) is 2.81. The number of hydrogen-bond donors (Lipinski definition) is 1. The van der Waals surface area contributed by atoms with Crippen molar-refractivity contribution in [1.29, 1.82) is 0 Å². The number of nitrogens with one attached hydrogen (secondary N) is 1. The van der Waals surface area contributed by atoms with Gasteiger partial charge in [-0.3, -0.25) is 0 Å². The second-order valence-corrected chi connectivity index (χ2v) is 4.35. The molecule has 1 aromatic heterocycles. The van der Waals surface area contributed by atoms with Crippen LogP contribution in [0.1, 0.15) is 24.5 Å². The molecule has 1 N–H and O–H groups in total. The van der Waals surface area contributed by atoms with Crippen LogP contribution in [0.25, 0.3) is 0 Å². The van der Waals surface area contributed by atoms with Gasteiger partial charge in [0.25, 0.3) is 0 Å². The molecular formula is C15H20N2. The normalized spacial score (nSPS) is 10.6. The SMILES string of the molecule is CCCNCc1ccc(Cn2cccc2)cc1. The summed E-state index contributed by atoms with van der Waals surface area (Å²) in [6, 6.07) is 13.0. The summed E-state index contributed by atoms with van der Waals surface area (Å²) in [7, 11) is 0. The van der Waals surface area contributed by atoms with E-state index in [9.17, 15) is 0 Å². The topological polar surface area (TPSA) is 17.0 Å². The molecule has 0 saturated heterocycles. The number of hydrogen-bond acceptors (Lipinski definition) is 1. The fourth-order valence-corrected chi connectivity index (χ4v) is 1.86. The molecule has 1 heterocycles. The summed E-state index contributed by atoms with van der Waals surface area (Å²) in [5.74, 6) is 0. The van der Waals surface area contributed by atoms with E-state index in [0.29, 0.717) is 0 Å². The molecule has 2 heteroatoms. The van der Waals surface area contributed by atoms with Crippen LogP contribution in [-0.2, 0) is 13.1 Å². The van der Waals surface area contributed by atoms with Crippen LogP contribution < -0.4 is 5.32 Å². The Kier molecular flexibility index (Phi) is 4.39. The van der Waals surface area contributed by atoms with Crippen molar-refractivity contribution in [2.24, 2.45) is 0 Å². The predicted molar refractivity (Wildman–Crippen MR) is 72.0 cm³/mol. The Morgan fingerprint density at radius 1 is 1.00 bits per heavy atom. The Morgan fingerprint density at radius 3 is 2.29 bits per heavy atom. The Labute approximate surface area is 103 Å². The summed E-state index contributed by atoms with van der Waals surface area (Å²) < 4.78 is 2.18. The van der Waals surface area contributed by atoms with Crippen LogP contribution in [0, 0.1) is 0 Å². The average molecular weight is 228 g/mol. The molecule has 0 bridgehead atoms. The monoisotopic (exact) mass is 228 g/mol. The molecule has 0 fully saturated rings. The Hall–Kier alpha value is -1.54. The van der Waals surface area contributed by atoms with E-state index >= 15 is 0 Å². The van der Waals surface area contributed by atoms with E-state index in [4.69, 9.17) is 0 Å². The predicted octanol–water partition coefficient (Wildman–Crippen LogP) is 3.04. The molecule has 17 heavy (non-hydrogen) atoms. The third-order valence-electron chi connectivity index (χ3n) is 2.81. The zero-order valence-electron chi connectivity index (χ0n) is 10.4. The van der Waals surface area contributed by atoms with Crippen molar-refractivity contribution in [3.8, 4) is 0 Å². The fraction of sp³-hybridized carbons (Fsp3) is 0.333. The quantitative estimate of drug-likeness (QED) is 0.752. The highest BCUT2D eigenvalue weighted by Crippen LogP contribution is 2.06. The summed E-state index contributed by atoms with van der Waals surface area (Å²) >= 11 is 0. The molecule has 0 aliphatic heterocycles. The van der Waals surface area contributed by atoms with Gasteiger partial charge in [0.15, 0.2) is 0 Å². The van der Waals surface area contributed by atoms with E-state index in [2.05, 4.69) is 65.6 Å². The second kappa shape index (κ2) is 6.26. The van der Waals surface area contributed by atoms with Gasteiger partial charge < -0.3 is 9.88 Å². The van der Waals surface area contributed by atoms with E-state index in [0.717, 1.165) is 19.6 Å². The lowest BCUT2D eigenvalue weighted by Crippen LogP contribution is -2.13. The zero-order chi connectivity index (χ0) is 11.9. The molecule has 0 unspecified atom stereocenters. The van der Waals surface area contributed by atoms with Crippen LogP contribution in [0.5, 0.6) is 0 Å². The second-order valence-electron chi connectivity index (χ2n) is 4.35. The maximum atomic E-state index is 3.41. The minimum atomic E-state index is 0.954. The highest BCUT2D eigenvalue weighted by atomic mass is 14.9. The van der Waals surface area contributed by atoms with Crippen LogP contribution in [0.4, 0.5) is 0 Å². The van der Waals surface area contributed by atoms with Gasteiger partial charge in [0.2, 0.25) is 0 Å². The molecule has 0 radical (unpaired) electrons. The van der Waals surface area contributed by atoms with Crippen molar-refractivity contribution >= 4 is 0 Å². The number of nitrogens with zero attached hydrogens (tertiary/aromatic N) is 1. The van der Waals surface area contributed by atoms with E-state index in [-0.39, 0.29) is 0 Å². The molecular weight excluding hydrogens is 208 g/mol. The van der Waals surface area contributed by atoms with E-state index in [1.165, 1.54) is 17.5 Å². The van der Waals surface area contributed by atoms with Gasteiger partial charge in [0, 0.05) is 25.5 Å². The van der Waals surface area contributed by atoms with E-state index in [1.807, 2.05) is 0 Å². The van der Waals surface area contributed by atoms with E-state index in [1.54, 1.807) is 0 Å². The van der Waals surface area contributed by atoms with Crippen LogP contribution in [0.3, 0.4) is 0 Å². The first-order valence-electron chi connectivity index (χ1n) is 6.28. The average Bonchev–Trinajstić information content (AvgIpc) is 2.85. The van der Waals surface area contributed by atoms with Gasteiger partial charge in [-0.1, -0.05) is 31.2 Å². The molecule has 0 aliphatic rings. The minimum absolute atomic E-state index is 0.954. The Morgan fingerprint density at radius 2 is 1.65 bits per heavy atom. The lowest BCUT2D eigenvalue weighted by molar-refractivity contribution is 0.675. The summed E-state index contributed by atoms with van der Waals surface area (Å²) in [5, 5.41) is 3.41. The maximum Gasteiger partial charge on any atom is 0.0470 e. The smallest absolute Gasteiger partial charge is 0.0470 e.